The van der Waals surface area contributed by atoms with Crippen molar-refractivity contribution in [3.8, 4) is 17.2 Å². The van der Waals surface area contributed by atoms with E-state index in [0.717, 1.165) is 11.1 Å². The van der Waals surface area contributed by atoms with Crippen LogP contribution in [0.3, 0.4) is 0 Å². The number of aliphatic hydroxyl groups excluding tert-OH is 1. The Labute approximate surface area is 147 Å². The van der Waals surface area contributed by atoms with Crippen molar-refractivity contribution < 1.29 is 19.3 Å². The maximum atomic E-state index is 10.8. The molecule has 130 valence electrons. The molecule has 25 heavy (non-hydrogen) atoms. The molecule has 0 fully saturated rings. The highest BCUT2D eigenvalue weighted by Gasteiger charge is 2.36. The molecule has 0 radical (unpaired) electrons. The molecule has 4 rings (SSSR count). The first kappa shape index (κ1) is 16.0. The third-order valence-corrected chi connectivity index (χ3v) is 4.73. The lowest BCUT2D eigenvalue weighted by Crippen LogP contribution is -2.28. The Hall–Kier alpha value is -2.46. The first-order chi connectivity index (χ1) is 12.0. The Kier molecular flexibility index (Phi) is 3.73. The van der Waals surface area contributed by atoms with Gasteiger partial charge in [-0.2, -0.15) is 0 Å². The quantitative estimate of drug-likeness (QED) is 0.879. The van der Waals surface area contributed by atoms with Gasteiger partial charge < -0.3 is 19.3 Å². The van der Waals surface area contributed by atoms with E-state index in [4.69, 9.17) is 14.2 Å². The molecule has 0 bridgehead atoms. The van der Waals surface area contributed by atoms with Gasteiger partial charge in [0.2, 0.25) is 0 Å². The van der Waals surface area contributed by atoms with Crippen LogP contribution in [0.4, 0.5) is 0 Å². The van der Waals surface area contributed by atoms with Crippen molar-refractivity contribution in [3.63, 3.8) is 0 Å². The lowest BCUT2D eigenvalue weighted by Gasteiger charge is -2.35. The third kappa shape index (κ3) is 2.76. The van der Waals surface area contributed by atoms with Gasteiger partial charge in [0.25, 0.3) is 0 Å². The molecule has 2 atom stereocenters. The molecule has 0 aliphatic carbocycles. The molecule has 0 unspecified atom stereocenters. The summed E-state index contributed by atoms with van der Waals surface area (Å²) in [6.45, 7) is 4.00. The molecular weight excluding hydrogens is 316 g/mol. The Morgan fingerprint density at radius 2 is 1.96 bits per heavy atom. The van der Waals surface area contributed by atoms with Crippen LogP contribution < -0.4 is 14.2 Å². The van der Waals surface area contributed by atoms with E-state index in [9.17, 15) is 5.11 Å². The first-order valence-electron chi connectivity index (χ1n) is 8.51. The average molecular weight is 338 g/mol. The molecule has 0 aromatic heterocycles. The summed E-state index contributed by atoms with van der Waals surface area (Å²) in [6.07, 6.45) is 3.64. The van der Waals surface area contributed by atoms with E-state index in [2.05, 4.69) is 0 Å². The number of methoxy groups -OCH3 is 1. The molecule has 2 aromatic carbocycles. The summed E-state index contributed by atoms with van der Waals surface area (Å²) in [5.74, 6) is 1.96. The van der Waals surface area contributed by atoms with Crippen LogP contribution in [0.15, 0.2) is 42.5 Å². The number of fused-ring (bicyclic) bond motifs is 3. The Morgan fingerprint density at radius 3 is 2.68 bits per heavy atom. The standard InChI is InChI=1S/C21H22O4/c1-21(2)10-9-14-17(25-21)12-18(23-3)19-15(22)11-16(24-20(14)19)13-7-5-4-6-8-13/h4-10,12,15-16,22H,11H2,1-3H3/t15-,16+/m1/s1. The van der Waals surface area contributed by atoms with Gasteiger partial charge in [-0.05, 0) is 31.6 Å². The van der Waals surface area contributed by atoms with Gasteiger partial charge in [0, 0.05) is 12.5 Å². The summed E-state index contributed by atoms with van der Waals surface area (Å²) in [5.41, 5.74) is 2.21. The van der Waals surface area contributed by atoms with Gasteiger partial charge in [-0.1, -0.05) is 30.3 Å². The van der Waals surface area contributed by atoms with E-state index in [0.29, 0.717) is 29.2 Å². The van der Waals surface area contributed by atoms with Crippen LogP contribution in [0, 0.1) is 0 Å². The number of hydrogen-bond acceptors (Lipinski definition) is 4. The smallest absolute Gasteiger partial charge is 0.140 e. The molecule has 0 saturated heterocycles. The average Bonchev–Trinajstić information content (AvgIpc) is 2.60. The molecule has 0 saturated carbocycles. The van der Waals surface area contributed by atoms with Crippen LogP contribution in [-0.2, 0) is 0 Å². The topological polar surface area (TPSA) is 47.9 Å². The predicted molar refractivity (Wildman–Crippen MR) is 96.1 cm³/mol. The van der Waals surface area contributed by atoms with E-state index in [1.807, 2.05) is 62.4 Å². The minimum absolute atomic E-state index is 0.205. The summed E-state index contributed by atoms with van der Waals surface area (Å²) in [5, 5.41) is 10.8. The normalized spacial score (nSPS) is 23.0. The second kappa shape index (κ2) is 5.81. The van der Waals surface area contributed by atoms with Crippen LogP contribution in [0.2, 0.25) is 0 Å². The third-order valence-electron chi connectivity index (χ3n) is 4.73. The van der Waals surface area contributed by atoms with Crippen molar-refractivity contribution in [1.82, 2.24) is 0 Å². The Bertz CT molecular complexity index is 824. The molecule has 2 aliphatic rings. The lowest BCUT2D eigenvalue weighted by atomic mass is 9.90. The number of ether oxygens (including phenoxy) is 3. The molecule has 0 amide bonds. The molecular formula is C21H22O4. The second-order valence-electron chi connectivity index (χ2n) is 7.04. The van der Waals surface area contributed by atoms with Crippen LogP contribution in [-0.4, -0.2) is 17.8 Å². The Morgan fingerprint density at radius 1 is 1.20 bits per heavy atom. The van der Waals surface area contributed by atoms with Gasteiger partial charge >= 0.3 is 0 Å². The largest absolute Gasteiger partial charge is 0.496 e. The van der Waals surface area contributed by atoms with Gasteiger partial charge in [-0.25, -0.2) is 0 Å². The van der Waals surface area contributed by atoms with Crippen molar-refractivity contribution in [2.24, 2.45) is 0 Å². The SMILES string of the molecule is COc1cc2c(c3c1[C@H](O)C[C@@H](c1ccccc1)O3)C=CC(C)(C)O2. The lowest BCUT2D eigenvalue weighted by molar-refractivity contribution is 0.0618. The van der Waals surface area contributed by atoms with Crippen molar-refractivity contribution in [3.05, 3.63) is 59.2 Å². The van der Waals surface area contributed by atoms with E-state index in [-0.39, 0.29) is 6.10 Å². The number of rotatable bonds is 2. The van der Waals surface area contributed by atoms with E-state index < -0.39 is 11.7 Å². The van der Waals surface area contributed by atoms with Crippen LogP contribution in [0.25, 0.3) is 6.08 Å². The Balaban J connectivity index is 1.84. The highest BCUT2D eigenvalue weighted by molar-refractivity contribution is 5.72. The highest BCUT2D eigenvalue weighted by atomic mass is 16.5. The van der Waals surface area contributed by atoms with Crippen molar-refractivity contribution in [2.75, 3.05) is 7.11 Å². The zero-order valence-corrected chi connectivity index (χ0v) is 14.7. The van der Waals surface area contributed by atoms with Gasteiger partial charge in [0.05, 0.1) is 24.3 Å². The van der Waals surface area contributed by atoms with Gasteiger partial charge in [-0.3, -0.25) is 0 Å². The zero-order valence-electron chi connectivity index (χ0n) is 14.7. The van der Waals surface area contributed by atoms with Crippen LogP contribution in [0.1, 0.15) is 49.2 Å². The van der Waals surface area contributed by atoms with Crippen molar-refractivity contribution in [2.45, 2.75) is 38.1 Å². The van der Waals surface area contributed by atoms with Crippen LogP contribution in [0.5, 0.6) is 17.2 Å². The molecule has 2 aromatic rings. The van der Waals surface area contributed by atoms with E-state index >= 15 is 0 Å². The van der Waals surface area contributed by atoms with E-state index in [1.165, 1.54) is 0 Å². The molecule has 1 N–H and O–H groups in total. The number of hydrogen-bond donors (Lipinski definition) is 1. The summed E-state index contributed by atoms with van der Waals surface area (Å²) in [7, 11) is 1.60. The second-order valence-corrected chi connectivity index (χ2v) is 7.04. The molecule has 2 heterocycles. The molecule has 4 heteroatoms. The fourth-order valence-corrected chi connectivity index (χ4v) is 3.48. The van der Waals surface area contributed by atoms with Crippen molar-refractivity contribution >= 4 is 6.08 Å². The maximum absolute atomic E-state index is 10.8. The monoisotopic (exact) mass is 338 g/mol. The fourth-order valence-electron chi connectivity index (χ4n) is 3.48. The predicted octanol–water partition coefficient (Wildman–Crippen LogP) is 4.44. The fraction of sp³-hybridized carbons (Fsp3) is 0.333. The first-order valence-corrected chi connectivity index (χ1v) is 8.51. The minimum Gasteiger partial charge on any atom is -0.496 e. The summed E-state index contributed by atoms with van der Waals surface area (Å²) in [6, 6.07) is 11.8. The van der Waals surface area contributed by atoms with Crippen LogP contribution >= 0.6 is 0 Å². The van der Waals surface area contributed by atoms with Gasteiger partial charge in [0.15, 0.2) is 0 Å². The highest BCUT2D eigenvalue weighted by Crippen LogP contribution is 2.51. The van der Waals surface area contributed by atoms with Crippen molar-refractivity contribution in [1.29, 1.82) is 0 Å². The summed E-state index contributed by atoms with van der Waals surface area (Å²) >= 11 is 0. The minimum atomic E-state index is -0.655. The molecule has 4 nitrogen and oxygen atoms in total. The summed E-state index contributed by atoms with van der Waals surface area (Å²) < 4.78 is 17.9. The number of aliphatic hydroxyl groups is 1. The van der Waals surface area contributed by atoms with Gasteiger partial charge in [0.1, 0.15) is 29.0 Å². The zero-order chi connectivity index (χ0) is 17.6. The number of benzene rings is 2. The maximum Gasteiger partial charge on any atom is 0.140 e. The molecule has 2 aliphatic heterocycles. The van der Waals surface area contributed by atoms with Gasteiger partial charge in [-0.15, -0.1) is 0 Å². The summed E-state index contributed by atoms with van der Waals surface area (Å²) in [4.78, 5) is 0. The van der Waals surface area contributed by atoms with E-state index in [1.54, 1.807) is 7.11 Å². The molecule has 0 spiro atoms.